The Kier molecular flexibility index (Phi) is 12.3. The number of aromatic nitrogens is 4. The number of amides is 2. The standard InChI is InChI=1S/C38H29F6N7O9S2/c1-23-3-7-25(8-4-23)31-19-33(37(39,40)41)45-49(31)27-11-15-29(16-12-27)61(55,56)47-35(52)21-59-51(54)60-22-36(53)48-62(57,58)30-17-13-28(14-18-30)50-32(20-34(46-50)38(42,43)44)26-9-5-24(2)6-10-26/h3-20H,21-22H2,1-2H3,(H-,47,48,52,53)/p+1. The number of carbonyl (C=O) groups is 2. The van der Waals surface area contributed by atoms with Crippen molar-refractivity contribution in [2.75, 3.05) is 13.2 Å². The second-order valence-corrected chi connectivity index (χ2v) is 16.6. The number of hydrogen-bond donors (Lipinski definition) is 2. The minimum atomic E-state index is -4.79. The van der Waals surface area contributed by atoms with Crippen molar-refractivity contribution >= 4 is 31.9 Å². The summed E-state index contributed by atoms with van der Waals surface area (Å²) in [5, 5.41) is 6.52. The molecular formula is C38H30F6N7O9S2+. The SMILES string of the molecule is Cc1ccc(-c2cc(C(F)(F)F)nn2-c2ccc(S(=O)(=O)NC(=O)CO[N+](=O)OCC(=O)NS(=O)(=O)c3ccc(-n4nc(C(F)(F)F)cc4-c4ccc(C)cc4)cc3)cc2)cc1. The first-order chi connectivity index (χ1) is 29.0. The van der Waals surface area contributed by atoms with Gasteiger partial charge in [-0.25, -0.2) is 35.6 Å². The molecule has 0 spiro atoms. The zero-order valence-corrected chi connectivity index (χ0v) is 33.4. The molecule has 24 heteroatoms. The number of halogens is 6. The Morgan fingerprint density at radius 2 is 0.903 bits per heavy atom. The number of aryl methyl sites for hydroxylation is 2. The van der Waals surface area contributed by atoms with Crippen LogP contribution >= 0.6 is 0 Å². The van der Waals surface area contributed by atoms with Crippen LogP contribution in [0, 0.1) is 18.8 Å². The summed E-state index contributed by atoms with van der Waals surface area (Å²) in [7, 11) is -9.27. The molecule has 324 valence electrons. The first kappa shape index (κ1) is 44.5. The van der Waals surface area contributed by atoms with E-state index in [0.29, 0.717) is 11.1 Å². The molecule has 0 aliphatic carbocycles. The smallest absolute Gasteiger partial charge is 0.270 e. The Balaban J connectivity index is 1.02. The highest BCUT2D eigenvalue weighted by molar-refractivity contribution is 7.90. The summed E-state index contributed by atoms with van der Waals surface area (Å²) in [6.45, 7) is 1.01. The molecule has 0 unspecified atom stereocenters. The van der Waals surface area contributed by atoms with Crippen molar-refractivity contribution in [1.82, 2.24) is 29.0 Å². The predicted octanol–water partition coefficient (Wildman–Crippen LogP) is 6.00. The van der Waals surface area contributed by atoms with Crippen LogP contribution in [-0.2, 0) is 51.7 Å². The number of sulfonamides is 2. The van der Waals surface area contributed by atoms with Crippen molar-refractivity contribution in [3.8, 4) is 33.9 Å². The third-order valence-electron chi connectivity index (χ3n) is 8.58. The Bertz CT molecular complexity index is 2670. The van der Waals surface area contributed by atoms with E-state index in [9.17, 15) is 57.7 Å². The highest BCUT2D eigenvalue weighted by Gasteiger charge is 2.36. The van der Waals surface area contributed by atoms with Gasteiger partial charge >= 0.3 is 17.4 Å². The van der Waals surface area contributed by atoms with E-state index in [2.05, 4.69) is 19.9 Å². The van der Waals surface area contributed by atoms with Gasteiger partial charge in [0.2, 0.25) is 13.2 Å². The van der Waals surface area contributed by atoms with E-state index in [-0.39, 0.29) is 22.8 Å². The van der Waals surface area contributed by atoms with Crippen molar-refractivity contribution in [2.45, 2.75) is 36.0 Å². The number of benzene rings is 4. The van der Waals surface area contributed by atoms with Crippen molar-refractivity contribution in [2.24, 2.45) is 0 Å². The molecule has 0 fully saturated rings. The number of nitrogens with one attached hydrogen (secondary N) is 2. The highest BCUT2D eigenvalue weighted by atomic mass is 32.2. The maximum absolute atomic E-state index is 13.6. The third kappa shape index (κ3) is 10.4. The molecule has 0 atom stereocenters. The highest BCUT2D eigenvalue weighted by Crippen LogP contribution is 2.35. The number of carbonyl (C=O) groups excluding carboxylic acids is 2. The summed E-state index contributed by atoms with van der Waals surface area (Å²) in [4.78, 5) is 44.4. The molecule has 2 N–H and O–H groups in total. The first-order valence-electron chi connectivity index (χ1n) is 17.5. The Hall–Kier alpha value is -7.08. The van der Waals surface area contributed by atoms with Crippen molar-refractivity contribution in [3.05, 3.63) is 137 Å². The molecule has 2 heterocycles. The van der Waals surface area contributed by atoms with Crippen LogP contribution in [0.15, 0.2) is 119 Å². The average molecular weight is 907 g/mol. The van der Waals surface area contributed by atoms with Gasteiger partial charge in [-0.2, -0.15) is 46.2 Å². The quantitative estimate of drug-likeness (QED) is 0.0960. The van der Waals surface area contributed by atoms with Crippen LogP contribution in [0.4, 0.5) is 26.3 Å². The minimum Gasteiger partial charge on any atom is -0.270 e. The summed E-state index contributed by atoms with van der Waals surface area (Å²) < 4.78 is 138. The zero-order valence-electron chi connectivity index (χ0n) is 31.8. The number of rotatable bonds is 14. The lowest BCUT2D eigenvalue weighted by atomic mass is 10.1. The molecule has 0 aliphatic heterocycles. The molecule has 2 amide bonds. The maximum atomic E-state index is 13.6. The summed E-state index contributed by atoms with van der Waals surface area (Å²) >= 11 is 0. The molecule has 16 nitrogen and oxygen atoms in total. The fourth-order valence-electron chi connectivity index (χ4n) is 5.56. The molecule has 0 bridgehead atoms. The summed E-state index contributed by atoms with van der Waals surface area (Å²) in [5.74, 6) is -2.82. The van der Waals surface area contributed by atoms with E-state index in [1.807, 2.05) is 0 Å². The van der Waals surface area contributed by atoms with Crippen molar-refractivity contribution in [3.63, 3.8) is 0 Å². The van der Waals surface area contributed by atoms with E-state index >= 15 is 0 Å². The first-order valence-corrected chi connectivity index (χ1v) is 20.5. The van der Waals surface area contributed by atoms with Gasteiger partial charge in [0, 0.05) is 11.1 Å². The van der Waals surface area contributed by atoms with Crippen LogP contribution in [-0.4, -0.2) is 66.5 Å². The minimum absolute atomic E-state index is 0.0441. The van der Waals surface area contributed by atoms with Crippen LogP contribution in [0.1, 0.15) is 22.5 Å². The monoisotopic (exact) mass is 906 g/mol. The van der Waals surface area contributed by atoms with Crippen LogP contribution in [0.5, 0.6) is 0 Å². The molecular weight excluding hydrogens is 877 g/mol. The van der Waals surface area contributed by atoms with Crippen molar-refractivity contribution in [1.29, 1.82) is 0 Å². The number of hydrogen-bond acceptors (Lipinski definition) is 11. The van der Waals surface area contributed by atoms with Gasteiger partial charge in [0.15, 0.2) is 11.4 Å². The van der Waals surface area contributed by atoms with Gasteiger partial charge in [0.05, 0.1) is 32.6 Å². The van der Waals surface area contributed by atoms with Crippen LogP contribution in [0.2, 0.25) is 0 Å². The van der Waals surface area contributed by atoms with Gasteiger partial charge in [-0.05, 0) is 74.5 Å². The van der Waals surface area contributed by atoms with Gasteiger partial charge in [0.25, 0.3) is 31.9 Å². The zero-order chi connectivity index (χ0) is 45.2. The van der Waals surface area contributed by atoms with Gasteiger partial charge in [-0.1, -0.05) is 59.7 Å². The Labute approximate surface area is 347 Å². The lowest BCUT2D eigenvalue weighted by Crippen LogP contribution is -2.36. The van der Waals surface area contributed by atoms with E-state index in [1.54, 1.807) is 71.8 Å². The van der Waals surface area contributed by atoms with Crippen molar-refractivity contribution < 1.29 is 67.5 Å². The van der Waals surface area contributed by atoms with Gasteiger partial charge < -0.3 is 0 Å². The molecule has 0 saturated heterocycles. The van der Waals surface area contributed by atoms with Crippen LogP contribution in [0.3, 0.4) is 0 Å². The molecule has 2 aromatic heterocycles. The molecule has 4 aromatic carbocycles. The fourth-order valence-corrected chi connectivity index (χ4v) is 7.50. The molecule has 6 aromatic rings. The van der Waals surface area contributed by atoms with E-state index in [1.165, 1.54) is 0 Å². The topological polar surface area (TPSA) is 201 Å². The largest absolute Gasteiger partial charge is 0.478 e. The lowest BCUT2D eigenvalue weighted by Gasteiger charge is -2.10. The average Bonchev–Trinajstić information content (AvgIpc) is 3.87. The fraction of sp³-hybridized carbons (Fsp3) is 0.158. The molecule has 0 aliphatic rings. The molecule has 62 heavy (non-hydrogen) atoms. The third-order valence-corrected chi connectivity index (χ3v) is 11.4. The van der Waals surface area contributed by atoms with Gasteiger partial charge in [-0.3, -0.25) is 9.59 Å². The Morgan fingerprint density at radius 3 is 1.21 bits per heavy atom. The normalized spacial score (nSPS) is 12.1. The summed E-state index contributed by atoms with van der Waals surface area (Å²) in [6.07, 6.45) is -9.57. The van der Waals surface area contributed by atoms with E-state index in [4.69, 9.17) is 0 Å². The summed E-state index contributed by atoms with van der Waals surface area (Å²) in [6, 6.07) is 23.3. The number of nitrogens with zero attached hydrogens (tertiary/aromatic N) is 5. The predicted molar refractivity (Wildman–Crippen MR) is 204 cm³/mol. The molecule has 6 rings (SSSR count). The molecule has 0 saturated carbocycles. The van der Waals surface area contributed by atoms with Crippen LogP contribution in [0.25, 0.3) is 33.9 Å². The second kappa shape index (κ2) is 17.1. The van der Waals surface area contributed by atoms with E-state index < -0.39 is 83.7 Å². The Morgan fingerprint density at radius 1 is 0.581 bits per heavy atom. The molecule has 0 radical (unpaired) electrons. The van der Waals surface area contributed by atoms with Crippen LogP contribution < -0.4 is 9.44 Å². The maximum Gasteiger partial charge on any atom is 0.478 e. The van der Waals surface area contributed by atoms with Gasteiger partial charge in [0.1, 0.15) is 4.91 Å². The van der Waals surface area contributed by atoms with Gasteiger partial charge in [-0.15, -0.1) is 0 Å². The lowest BCUT2D eigenvalue weighted by molar-refractivity contribution is -0.977. The van der Waals surface area contributed by atoms with E-state index in [0.717, 1.165) is 81.2 Å². The second-order valence-electron chi connectivity index (χ2n) is 13.2. The number of alkyl halides is 6. The summed E-state index contributed by atoms with van der Waals surface area (Å²) in [5.41, 5.74) is 0.303.